The standard InChI is InChI=1S/C33H61NO12S/c1-3-5-7-9-11-12-13-14-16-18-20-22-27(37)32(40)34-25(26(36)21-19-17-15-10-8-6-4-2)24-44-33-30(39)31(46-47(41,42)43)29(38)28(23-35)45-33/h11-12,19,21,25-31,33,35-39H,3-10,13-18,20,22-24H2,1-2H3,(H,34,40)(H,41,42,43)/b12-11-,21-19+. The van der Waals surface area contributed by atoms with Crippen LogP contribution in [0.5, 0.6) is 0 Å². The number of hydrogen-bond donors (Lipinski definition) is 7. The first-order chi connectivity index (χ1) is 22.4. The van der Waals surface area contributed by atoms with Crippen LogP contribution in [-0.2, 0) is 28.9 Å². The Balaban J connectivity index is 2.76. The monoisotopic (exact) mass is 695 g/mol. The molecule has 0 spiro atoms. The second-order valence-electron chi connectivity index (χ2n) is 12.2. The second-order valence-corrected chi connectivity index (χ2v) is 13.3. The largest absolute Gasteiger partial charge is 0.397 e. The Bertz CT molecular complexity index is 979. The van der Waals surface area contributed by atoms with Crippen LogP contribution in [0.25, 0.3) is 0 Å². The normalized spacial score (nSPS) is 24.1. The molecule has 1 saturated heterocycles. The van der Waals surface area contributed by atoms with Gasteiger partial charge in [0.25, 0.3) is 0 Å². The fourth-order valence-corrected chi connectivity index (χ4v) is 5.72. The first kappa shape index (κ1) is 43.6. The van der Waals surface area contributed by atoms with Crippen molar-refractivity contribution < 1.29 is 57.0 Å². The summed E-state index contributed by atoms with van der Waals surface area (Å²) >= 11 is 0. The Kier molecular flexibility index (Phi) is 23.6. The zero-order chi connectivity index (χ0) is 35.1. The number of aliphatic hydroxyl groups is 5. The molecule has 7 N–H and O–H groups in total. The molecule has 0 aromatic rings. The van der Waals surface area contributed by atoms with Gasteiger partial charge in [0, 0.05) is 0 Å². The SMILES string of the molecule is CCCCC/C=C\CCCCCCC(O)C(=O)NC(COC1OC(CO)C(O)C(OS(=O)(=O)O)C1O)C(O)/C=C/CCCCCCC. The number of allylic oxidation sites excluding steroid dienone is 3. The van der Waals surface area contributed by atoms with Crippen molar-refractivity contribution >= 4 is 16.3 Å². The van der Waals surface area contributed by atoms with E-state index in [2.05, 4.69) is 35.5 Å². The van der Waals surface area contributed by atoms with Gasteiger partial charge in [0.2, 0.25) is 5.91 Å². The topological polar surface area (TPSA) is 212 Å². The van der Waals surface area contributed by atoms with Gasteiger partial charge in [0.1, 0.15) is 30.5 Å². The number of amides is 1. The smallest absolute Gasteiger partial charge is 0.394 e. The minimum atomic E-state index is -5.11. The molecule has 1 rings (SSSR count). The molecule has 13 nitrogen and oxygen atoms in total. The summed E-state index contributed by atoms with van der Waals surface area (Å²) in [7, 11) is -5.11. The molecular weight excluding hydrogens is 634 g/mol. The van der Waals surface area contributed by atoms with Crippen LogP contribution in [0.1, 0.15) is 117 Å². The van der Waals surface area contributed by atoms with Gasteiger partial charge in [-0.15, -0.1) is 0 Å². The van der Waals surface area contributed by atoms with Gasteiger partial charge in [-0.2, -0.15) is 8.42 Å². The molecule has 1 amide bonds. The molecule has 276 valence electrons. The maximum atomic E-state index is 12.9. The lowest BCUT2D eigenvalue weighted by molar-refractivity contribution is -0.298. The van der Waals surface area contributed by atoms with E-state index in [1.165, 1.54) is 25.3 Å². The molecule has 1 heterocycles. The zero-order valence-electron chi connectivity index (χ0n) is 28.2. The van der Waals surface area contributed by atoms with Crippen LogP contribution >= 0.6 is 0 Å². The molecule has 8 atom stereocenters. The number of aliphatic hydroxyl groups excluding tert-OH is 5. The van der Waals surface area contributed by atoms with Crippen molar-refractivity contribution in [3.63, 3.8) is 0 Å². The van der Waals surface area contributed by atoms with Crippen LogP contribution < -0.4 is 5.32 Å². The minimum absolute atomic E-state index is 0.227. The van der Waals surface area contributed by atoms with Crippen molar-refractivity contribution in [2.75, 3.05) is 13.2 Å². The van der Waals surface area contributed by atoms with Crippen LogP contribution in [0.3, 0.4) is 0 Å². The summed E-state index contributed by atoms with van der Waals surface area (Å²) in [5, 5.41) is 54.4. The molecule has 0 bridgehead atoms. The van der Waals surface area contributed by atoms with Gasteiger partial charge in [-0.05, 0) is 44.9 Å². The summed E-state index contributed by atoms with van der Waals surface area (Å²) in [6.45, 7) is 3.04. The highest BCUT2D eigenvalue weighted by Crippen LogP contribution is 2.26. The van der Waals surface area contributed by atoms with E-state index in [-0.39, 0.29) is 6.42 Å². The lowest BCUT2D eigenvalue weighted by Gasteiger charge is -2.41. The van der Waals surface area contributed by atoms with Gasteiger partial charge in [0.05, 0.1) is 25.4 Å². The average molecular weight is 696 g/mol. The molecule has 1 aliphatic rings. The van der Waals surface area contributed by atoms with E-state index in [9.17, 15) is 38.7 Å². The molecule has 1 fully saturated rings. The summed E-state index contributed by atoms with van der Waals surface area (Å²) in [6, 6.07) is -1.12. The number of carbonyl (C=O) groups excluding carboxylic acids is 1. The first-order valence-corrected chi connectivity index (χ1v) is 18.7. The lowest BCUT2D eigenvalue weighted by Crippen LogP contribution is -2.61. The highest BCUT2D eigenvalue weighted by atomic mass is 32.3. The van der Waals surface area contributed by atoms with Crippen molar-refractivity contribution in [3.05, 3.63) is 24.3 Å². The average Bonchev–Trinajstić information content (AvgIpc) is 3.03. The predicted octanol–water partition coefficient (Wildman–Crippen LogP) is 3.23. The molecule has 0 aromatic heterocycles. The number of rotatable bonds is 27. The lowest BCUT2D eigenvalue weighted by atomic mass is 9.99. The van der Waals surface area contributed by atoms with Gasteiger partial charge in [0.15, 0.2) is 6.29 Å². The van der Waals surface area contributed by atoms with E-state index in [1.807, 2.05) is 0 Å². The zero-order valence-corrected chi connectivity index (χ0v) is 29.0. The summed E-state index contributed by atoms with van der Waals surface area (Å²) in [5.74, 6) is -0.720. The van der Waals surface area contributed by atoms with E-state index < -0.39 is 78.5 Å². The van der Waals surface area contributed by atoms with Crippen molar-refractivity contribution in [2.45, 2.75) is 166 Å². The van der Waals surface area contributed by atoms with Gasteiger partial charge >= 0.3 is 10.4 Å². The van der Waals surface area contributed by atoms with Crippen LogP contribution in [0, 0.1) is 0 Å². The summed E-state index contributed by atoms with van der Waals surface area (Å²) in [6.07, 6.45) is 11.8. The maximum absolute atomic E-state index is 12.9. The van der Waals surface area contributed by atoms with Crippen molar-refractivity contribution in [3.8, 4) is 0 Å². The summed E-state index contributed by atoms with van der Waals surface area (Å²) in [4.78, 5) is 12.9. The maximum Gasteiger partial charge on any atom is 0.397 e. The number of unbranched alkanes of at least 4 members (excludes halogenated alkanes) is 12. The Morgan fingerprint density at radius 3 is 2.00 bits per heavy atom. The van der Waals surface area contributed by atoms with E-state index in [4.69, 9.17) is 14.0 Å². The van der Waals surface area contributed by atoms with Crippen LogP contribution in [0.2, 0.25) is 0 Å². The van der Waals surface area contributed by atoms with Gasteiger partial charge in [-0.1, -0.05) is 95.9 Å². The second kappa shape index (κ2) is 25.5. The van der Waals surface area contributed by atoms with Crippen LogP contribution in [-0.4, -0.2) is 107 Å². The van der Waals surface area contributed by atoms with Crippen LogP contribution in [0.15, 0.2) is 24.3 Å². The van der Waals surface area contributed by atoms with Crippen molar-refractivity contribution in [1.29, 1.82) is 0 Å². The fourth-order valence-electron chi connectivity index (χ4n) is 5.22. The number of hydrogen-bond acceptors (Lipinski definition) is 11. The summed E-state index contributed by atoms with van der Waals surface area (Å²) in [5.41, 5.74) is 0. The molecular formula is C33H61NO12S. The third-order valence-corrected chi connectivity index (χ3v) is 8.55. The molecule has 0 aliphatic carbocycles. The fraction of sp³-hybridized carbons (Fsp3) is 0.848. The summed E-state index contributed by atoms with van der Waals surface area (Å²) < 4.78 is 47.0. The Labute approximate surface area is 281 Å². The van der Waals surface area contributed by atoms with E-state index in [0.29, 0.717) is 12.8 Å². The third-order valence-electron chi connectivity index (χ3n) is 8.08. The third kappa shape index (κ3) is 19.4. The van der Waals surface area contributed by atoms with Gasteiger partial charge in [-0.25, -0.2) is 4.18 Å². The Morgan fingerprint density at radius 1 is 0.851 bits per heavy atom. The predicted molar refractivity (Wildman–Crippen MR) is 178 cm³/mol. The molecule has 0 aromatic carbocycles. The van der Waals surface area contributed by atoms with Crippen molar-refractivity contribution in [1.82, 2.24) is 5.32 Å². The number of carbonyl (C=O) groups is 1. The Hall–Kier alpha value is -1.46. The number of nitrogens with one attached hydrogen (secondary N) is 1. The molecule has 47 heavy (non-hydrogen) atoms. The highest BCUT2D eigenvalue weighted by Gasteiger charge is 2.48. The van der Waals surface area contributed by atoms with E-state index >= 15 is 0 Å². The Morgan fingerprint density at radius 2 is 1.40 bits per heavy atom. The first-order valence-electron chi connectivity index (χ1n) is 17.3. The molecule has 0 saturated carbocycles. The quantitative estimate of drug-likeness (QED) is 0.0375. The molecule has 8 unspecified atom stereocenters. The van der Waals surface area contributed by atoms with Gasteiger partial charge < -0.3 is 40.3 Å². The molecule has 0 radical (unpaired) electrons. The van der Waals surface area contributed by atoms with Gasteiger partial charge in [-0.3, -0.25) is 9.35 Å². The van der Waals surface area contributed by atoms with E-state index in [1.54, 1.807) is 6.08 Å². The number of ether oxygens (including phenoxy) is 2. The molecule has 14 heteroatoms. The molecule has 1 aliphatic heterocycles. The van der Waals surface area contributed by atoms with E-state index in [0.717, 1.165) is 64.2 Å². The minimum Gasteiger partial charge on any atom is -0.394 e. The highest BCUT2D eigenvalue weighted by molar-refractivity contribution is 7.80. The van der Waals surface area contributed by atoms with Crippen molar-refractivity contribution in [2.24, 2.45) is 0 Å². The van der Waals surface area contributed by atoms with Crippen LogP contribution in [0.4, 0.5) is 0 Å².